The van der Waals surface area contributed by atoms with Crippen molar-refractivity contribution < 1.29 is 22.7 Å². The van der Waals surface area contributed by atoms with Gasteiger partial charge in [0.1, 0.15) is 0 Å². The fourth-order valence-corrected chi connectivity index (χ4v) is 3.48. The van der Waals surface area contributed by atoms with Crippen LogP contribution in [0.15, 0.2) is 35.2 Å². The van der Waals surface area contributed by atoms with Gasteiger partial charge in [0, 0.05) is 23.5 Å². The quantitative estimate of drug-likeness (QED) is 0.674. The Kier molecular flexibility index (Phi) is 6.78. The summed E-state index contributed by atoms with van der Waals surface area (Å²) in [6, 6.07) is 7.96. The third-order valence-corrected chi connectivity index (χ3v) is 5.47. The van der Waals surface area contributed by atoms with Crippen LogP contribution in [0.5, 0.6) is 0 Å². The largest absolute Gasteiger partial charge is 0.449 e. The lowest BCUT2D eigenvalue weighted by molar-refractivity contribution is -0.130. The molecule has 9 heteroatoms. The molecule has 1 atom stereocenters. The van der Waals surface area contributed by atoms with Crippen LogP contribution in [-0.4, -0.2) is 36.5 Å². The number of esters is 1. The number of carbonyl (C=O) groups is 2. The van der Waals surface area contributed by atoms with Gasteiger partial charge in [0.25, 0.3) is 5.91 Å². The van der Waals surface area contributed by atoms with Crippen LogP contribution in [0.2, 0.25) is 0 Å². The van der Waals surface area contributed by atoms with Gasteiger partial charge >= 0.3 is 5.97 Å². The fourth-order valence-electron chi connectivity index (χ4n) is 2.97. The predicted molar refractivity (Wildman–Crippen MR) is 114 cm³/mol. The van der Waals surface area contributed by atoms with Crippen LogP contribution >= 0.6 is 0 Å². The molecule has 2 aromatic rings. The van der Waals surface area contributed by atoms with Crippen molar-refractivity contribution in [1.29, 1.82) is 0 Å². The maximum absolute atomic E-state index is 12.6. The zero-order chi connectivity index (χ0) is 22.9. The highest BCUT2D eigenvalue weighted by Gasteiger charge is 2.25. The molecule has 0 aliphatic heterocycles. The molecule has 164 valence electrons. The first kappa shape index (κ1) is 23.6. The molecule has 0 fully saturated rings. The average molecular weight is 436 g/mol. The van der Waals surface area contributed by atoms with Gasteiger partial charge < -0.3 is 14.6 Å². The van der Waals surface area contributed by atoms with Crippen molar-refractivity contribution in [2.45, 2.75) is 64.6 Å². The molecule has 2 rings (SSSR count). The summed E-state index contributed by atoms with van der Waals surface area (Å²) in [6.07, 6.45) is -0.925. The van der Waals surface area contributed by atoms with E-state index in [1.807, 2.05) is 32.3 Å². The van der Waals surface area contributed by atoms with Crippen molar-refractivity contribution in [2.24, 2.45) is 5.14 Å². The van der Waals surface area contributed by atoms with Crippen molar-refractivity contribution in [3.8, 4) is 0 Å². The SMILES string of the molecule is Cc1cc(C(=O)OC(C)C(=O)NC(C)(C)C)c(C)n1Cc1ccc(S(N)(=O)=O)cc1. The number of carbonyl (C=O) groups excluding carboxylic acids is 2. The number of ether oxygens (including phenoxy) is 1. The summed E-state index contributed by atoms with van der Waals surface area (Å²) in [6.45, 7) is 11.2. The van der Waals surface area contributed by atoms with Gasteiger partial charge in [-0.2, -0.15) is 0 Å². The number of hydrogen-bond acceptors (Lipinski definition) is 5. The van der Waals surface area contributed by atoms with Crippen LogP contribution in [0.1, 0.15) is 55.0 Å². The third kappa shape index (κ3) is 5.93. The molecule has 0 saturated carbocycles. The molecule has 0 aliphatic carbocycles. The predicted octanol–water partition coefficient (Wildman–Crippen LogP) is 2.26. The molecule has 0 spiro atoms. The molecule has 0 aliphatic rings. The highest BCUT2D eigenvalue weighted by Crippen LogP contribution is 2.19. The highest BCUT2D eigenvalue weighted by atomic mass is 32.2. The number of nitrogens with one attached hydrogen (secondary N) is 1. The summed E-state index contributed by atoms with van der Waals surface area (Å²) < 4.78 is 30.1. The molecular weight excluding hydrogens is 406 g/mol. The normalized spacial score (nSPS) is 13.0. The molecule has 1 heterocycles. The first-order valence-electron chi connectivity index (χ1n) is 9.50. The van der Waals surface area contributed by atoms with Crippen LogP contribution in [0, 0.1) is 13.8 Å². The Bertz CT molecular complexity index is 1050. The summed E-state index contributed by atoms with van der Waals surface area (Å²) >= 11 is 0. The number of primary sulfonamides is 1. The maximum Gasteiger partial charge on any atom is 0.340 e. The van der Waals surface area contributed by atoms with E-state index in [0.717, 1.165) is 11.3 Å². The van der Waals surface area contributed by atoms with Crippen LogP contribution in [0.4, 0.5) is 0 Å². The molecule has 0 saturated heterocycles. The fraction of sp³-hybridized carbons (Fsp3) is 0.429. The van der Waals surface area contributed by atoms with Gasteiger partial charge in [0.05, 0.1) is 10.5 Å². The van der Waals surface area contributed by atoms with E-state index in [1.165, 1.54) is 19.1 Å². The molecule has 0 bridgehead atoms. The van der Waals surface area contributed by atoms with E-state index in [1.54, 1.807) is 25.1 Å². The van der Waals surface area contributed by atoms with E-state index < -0.39 is 27.6 Å². The Hall–Kier alpha value is -2.65. The monoisotopic (exact) mass is 435 g/mol. The van der Waals surface area contributed by atoms with E-state index in [9.17, 15) is 18.0 Å². The Morgan fingerprint density at radius 3 is 2.23 bits per heavy atom. The molecule has 1 unspecified atom stereocenters. The van der Waals surface area contributed by atoms with Crippen LogP contribution in [-0.2, 0) is 26.1 Å². The summed E-state index contributed by atoms with van der Waals surface area (Å²) in [5, 5.41) is 7.91. The number of benzene rings is 1. The summed E-state index contributed by atoms with van der Waals surface area (Å²) in [7, 11) is -3.75. The number of amides is 1. The van der Waals surface area contributed by atoms with Crippen molar-refractivity contribution in [2.75, 3.05) is 0 Å². The number of aryl methyl sites for hydroxylation is 1. The smallest absolute Gasteiger partial charge is 0.340 e. The second-order valence-electron chi connectivity index (χ2n) is 8.35. The van der Waals surface area contributed by atoms with Gasteiger partial charge in [-0.3, -0.25) is 4.79 Å². The van der Waals surface area contributed by atoms with Crippen molar-refractivity contribution >= 4 is 21.9 Å². The van der Waals surface area contributed by atoms with Gasteiger partial charge in [-0.05, 0) is 65.3 Å². The summed E-state index contributed by atoms with van der Waals surface area (Å²) in [4.78, 5) is 24.8. The van der Waals surface area contributed by atoms with Gasteiger partial charge in [-0.1, -0.05) is 12.1 Å². The standard InChI is InChI=1S/C21H29N3O5S/c1-13-11-18(20(26)29-15(3)19(25)23-21(4,5)6)14(2)24(13)12-16-7-9-17(10-8-16)30(22,27)28/h7-11,15H,12H2,1-6H3,(H,23,25)(H2,22,27,28). The number of rotatable bonds is 6. The van der Waals surface area contributed by atoms with Gasteiger partial charge in [-0.25, -0.2) is 18.4 Å². The number of aromatic nitrogens is 1. The second kappa shape index (κ2) is 8.61. The lowest BCUT2D eigenvalue weighted by atomic mass is 10.1. The average Bonchev–Trinajstić information content (AvgIpc) is 2.88. The minimum atomic E-state index is -3.75. The highest BCUT2D eigenvalue weighted by molar-refractivity contribution is 7.89. The first-order valence-corrected chi connectivity index (χ1v) is 11.0. The maximum atomic E-state index is 12.6. The molecule has 0 radical (unpaired) electrons. The molecule has 1 aromatic carbocycles. The zero-order valence-corrected chi connectivity index (χ0v) is 19.0. The van der Waals surface area contributed by atoms with E-state index in [0.29, 0.717) is 17.8 Å². The van der Waals surface area contributed by atoms with Gasteiger partial charge in [0.15, 0.2) is 6.10 Å². The molecule has 30 heavy (non-hydrogen) atoms. The zero-order valence-electron chi connectivity index (χ0n) is 18.1. The molecule has 8 nitrogen and oxygen atoms in total. The van der Waals surface area contributed by atoms with Crippen LogP contribution in [0.3, 0.4) is 0 Å². The molecule has 1 aromatic heterocycles. The van der Waals surface area contributed by atoms with Crippen molar-refractivity contribution in [3.63, 3.8) is 0 Å². The Balaban J connectivity index is 2.17. The van der Waals surface area contributed by atoms with Crippen molar-refractivity contribution in [1.82, 2.24) is 9.88 Å². The minimum Gasteiger partial charge on any atom is -0.449 e. The molecular formula is C21H29N3O5S. The van der Waals surface area contributed by atoms with Crippen molar-refractivity contribution in [3.05, 3.63) is 52.8 Å². The van der Waals surface area contributed by atoms with Gasteiger partial charge in [0.2, 0.25) is 10.0 Å². The molecule has 1 amide bonds. The first-order chi connectivity index (χ1) is 13.7. The number of nitrogens with two attached hydrogens (primary N) is 1. The number of hydrogen-bond donors (Lipinski definition) is 2. The summed E-state index contributed by atoms with van der Waals surface area (Å²) in [5.41, 5.74) is 2.33. The Morgan fingerprint density at radius 1 is 1.17 bits per heavy atom. The summed E-state index contributed by atoms with van der Waals surface area (Å²) in [5.74, 6) is -0.935. The topological polar surface area (TPSA) is 120 Å². The number of sulfonamides is 1. The Morgan fingerprint density at radius 2 is 1.73 bits per heavy atom. The van der Waals surface area contributed by atoms with Crippen LogP contribution < -0.4 is 10.5 Å². The second-order valence-corrected chi connectivity index (χ2v) is 9.91. The minimum absolute atomic E-state index is 0.0407. The van der Waals surface area contributed by atoms with E-state index in [-0.39, 0.29) is 10.8 Å². The van der Waals surface area contributed by atoms with Gasteiger partial charge in [-0.15, -0.1) is 0 Å². The lowest BCUT2D eigenvalue weighted by Gasteiger charge is -2.23. The third-order valence-electron chi connectivity index (χ3n) is 4.54. The van der Waals surface area contributed by atoms with E-state index in [2.05, 4.69) is 5.32 Å². The van der Waals surface area contributed by atoms with E-state index >= 15 is 0 Å². The van der Waals surface area contributed by atoms with Crippen LogP contribution in [0.25, 0.3) is 0 Å². The molecule has 3 N–H and O–H groups in total. The Labute approximate surface area is 177 Å². The number of nitrogens with zero attached hydrogens (tertiary/aromatic N) is 1. The van der Waals surface area contributed by atoms with E-state index in [4.69, 9.17) is 9.88 Å². The lowest BCUT2D eigenvalue weighted by Crippen LogP contribution is -2.46.